The van der Waals surface area contributed by atoms with Gasteiger partial charge in [0.15, 0.2) is 0 Å². The van der Waals surface area contributed by atoms with E-state index in [-0.39, 0.29) is 6.04 Å². The number of hydrogen-bond donors (Lipinski definition) is 2. The predicted molar refractivity (Wildman–Crippen MR) is 85.4 cm³/mol. The van der Waals surface area contributed by atoms with Crippen molar-refractivity contribution in [1.82, 2.24) is 5.48 Å². The zero-order chi connectivity index (χ0) is 15.8. The van der Waals surface area contributed by atoms with Crippen molar-refractivity contribution in [2.75, 3.05) is 0 Å². The van der Waals surface area contributed by atoms with Crippen LogP contribution >= 0.6 is 0 Å². The smallest absolute Gasteiger partial charge is 0.336 e. The molecule has 2 aromatic rings. The van der Waals surface area contributed by atoms with Crippen molar-refractivity contribution < 1.29 is 14.7 Å². The highest BCUT2D eigenvalue weighted by Crippen LogP contribution is 2.22. The van der Waals surface area contributed by atoms with Gasteiger partial charge in [0.05, 0.1) is 18.2 Å². The lowest BCUT2D eigenvalue weighted by Gasteiger charge is -2.20. The Morgan fingerprint density at radius 3 is 2.50 bits per heavy atom. The molecule has 0 aliphatic rings. The molecule has 2 N–H and O–H groups in total. The molecule has 116 valence electrons. The summed E-state index contributed by atoms with van der Waals surface area (Å²) in [6, 6.07) is 16.8. The number of carboxylic acid groups (broad SMARTS) is 1. The Morgan fingerprint density at radius 2 is 1.82 bits per heavy atom. The van der Waals surface area contributed by atoms with Crippen LogP contribution in [-0.2, 0) is 11.4 Å². The van der Waals surface area contributed by atoms with Gasteiger partial charge < -0.3 is 5.11 Å². The summed E-state index contributed by atoms with van der Waals surface area (Å²) < 4.78 is 0. The Morgan fingerprint density at radius 1 is 1.14 bits per heavy atom. The second-order valence-corrected chi connectivity index (χ2v) is 5.13. The zero-order valence-corrected chi connectivity index (χ0v) is 12.7. The van der Waals surface area contributed by atoms with Crippen LogP contribution in [0.15, 0.2) is 54.6 Å². The van der Waals surface area contributed by atoms with Gasteiger partial charge in [-0.05, 0) is 23.6 Å². The minimum absolute atomic E-state index is 0.138. The lowest BCUT2D eigenvalue weighted by molar-refractivity contribution is 0.000537. The molecule has 4 heteroatoms. The minimum Gasteiger partial charge on any atom is -0.478 e. The van der Waals surface area contributed by atoms with Gasteiger partial charge in [-0.2, -0.15) is 5.48 Å². The molecule has 1 unspecified atom stereocenters. The summed E-state index contributed by atoms with van der Waals surface area (Å²) in [5.74, 6) is -0.915. The number of hydrogen-bond acceptors (Lipinski definition) is 3. The summed E-state index contributed by atoms with van der Waals surface area (Å²) in [6.07, 6.45) is 1.74. The molecule has 2 aromatic carbocycles. The fraction of sp³-hybridized carbons (Fsp3) is 0.278. The highest BCUT2D eigenvalue weighted by atomic mass is 16.6. The Labute approximate surface area is 130 Å². The summed E-state index contributed by atoms with van der Waals surface area (Å²) >= 11 is 0. The van der Waals surface area contributed by atoms with E-state index in [1.165, 1.54) is 0 Å². The van der Waals surface area contributed by atoms with Crippen molar-refractivity contribution in [1.29, 1.82) is 0 Å². The molecule has 2 rings (SSSR count). The Balaban J connectivity index is 2.05. The van der Waals surface area contributed by atoms with Crippen LogP contribution in [0.1, 0.15) is 47.3 Å². The average molecular weight is 299 g/mol. The van der Waals surface area contributed by atoms with Gasteiger partial charge >= 0.3 is 5.97 Å². The summed E-state index contributed by atoms with van der Waals surface area (Å²) in [5.41, 5.74) is 5.15. The first-order chi connectivity index (χ1) is 10.7. The fourth-order valence-corrected chi connectivity index (χ4v) is 2.36. The Bertz CT molecular complexity index is 598. The quantitative estimate of drug-likeness (QED) is 0.725. The molecular formula is C18H21NO3. The van der Waals surface area contributed by atoms with E-state index in [2.05, 4.69) is 12.4 Å². The first kappa shape index (κ1) is 16.2. The SMILES string of the molecule is CCCC(NOCc1ccccc1)c1ccccc1C(=O)O. The maximum absolute atomic E-state index is 11.4. The highest BCUT2D eigenvalue weighted by molar-refractivity contribution is 5.89. The molecule has 0 saturated carbocycles. The lowest BCUT2D eigenvalue weighted by Crippen LogP contribution is -2.23. The number of carboxylic acids is 1. The summed E-state index contributed by atoms with van der Waals surface area (Å²) in [6.45, 7) is 2.51. The maximum Gasteiger partial charge on any atom is 0.336 e. The molecule has 1 atom stereocenters. The monoisotopic (exact) mass is 299 g/mol. The molecule has 0 amide bonds. The average Bonchev–Trinajstić information content (AvgIpc) is 2.55. The Hall–Kier alpha value is -2.17. The van der Waals surface area contributed by atoms with Crippen molar-refractivity contribution in [2.45, 2.75) is 32.4 Å². The number of hydroxylamine groups is 1. The van der Waals surface area contributed by atoms with E-state index in [1.807, 2.05) is 42.5 Å². The van der Waals surface area contributed by atoms with Crippen LogP contribution in [0.2, 0.25) is 0 Å². The van der Waals surface area contributed by atoms with Crippen molar-refractivity contribution in [3.8, 4) is 0 Å². The van der Waals surface area contributed by atoms with E-state index >= 15 is 0 Å². The van der Waals surface area contributed by atoms with Gasteiger partial charge in [-0.25, -0.2) is 4.79 Å². The topological polar surface area (TPSA) is 58.6 Å². The van der Waals surface area contributed by atoms with E-state index < -0.39 is 5.97 Å². The van der Waals surface area contributed by atoms with Gasteiger partial charge in [-0.3, -0.25) is 4.84 Å². The number of rotatable bonds is 8. The van der Waals surface area contributed by atoms with Crippen LogP contribution in [0.3, 0.4) is 0 Å². The first-order valence-electron chi connectivity index (χ1n) is 7.45. The van der Waals surface area contributed by atoms with Crippen molar-refractivity contribution in [3.05, 3.63) is 71.3 Å². The van der Waals surface area contributed by atoms with E-state index in [1.54, 1.807) is 12.1 Å². The summed E-state index contributed by atoms with van der Waals surface area (Å²) in [5, 5.41) is 9.32. The molecular weight excluding hydrogens is 278 g/mol. The number of aromatic carboxylic acids is 1. The van der Waals surface area contributed by atoms with Crippen molar-refractivity contribution >= 4 is 5.97 Å². The Kier molecular flexibility index (Phi) is 6.13. The second-order valence-electron chi connectivity index (χ2n) is 5.13. The normalized spacial score (nSPS) is 12.0. The largest absolute Gasteiger partial charge is 0.478 e. The minimum atomic E-state index is -0.915. The predicted octanol–water partition coefficient (Wildman–Crippen LogP) is 3.95. The van der Waals surface area contributed by atoms with Crippen LogP contribution in [0, 0.1) is 0 Å². The molecule has 0 aliphatic carbocycles. The first-order valence-corrected chi connectivity index (χ1v) is 7.45. The van der Waals surface area contributed by atoms with E-state index in [9.17, 15) is 9.90 Å². The standard InChI is InChI=1S/C18H21NO3/c1-2-8-17(15-11-6-7-12-16(15)18(20)21)19-22-13-14-9-4-3-5-10-14/h3-7,9-12,17,19H,2,8,13H2,1H3,(H,20,21). The molecule has 0 aliphatic heterocycles. The third-order valence-electron chi connectivity index (χ3n) is 3.45. The number of benzene rings is 2. The molecule has 0 bridgehead atoms. The molecule has 0 heterocycles. The van der Waals surface area contributed by atoms with Crippen LogP contribution in [-0.4, -0.2) is 11.1 Å². The van der Waals surface area contributed by atoms with E-state index in [4.69, 9.17) is 4.84 Å². The third kappa shape index (κ3) is 4.41. The van der Waals surface area contributed by atoms with Crippen molar-refractivity contribution in [2.24, 2.45) is 0 Å². The highest BCUT2D eigenvalue weighted by Gasteiger charge is 2.18. The second kappa shape index (κ2) is 8.32. The maximum atomic E-state index is 11.4. The molecule has 0 fully saturated rings. The van der Waals surface area contributed by atoms with Gasteiger partial charge in [-0.15, -0.1) is 0 Å². The molecule has 0 aromatic heterocycles. The summed E-state index contributed by atoms with van der Waals surface area (Å²) in [7, 11) is 0. The van der Waals surface area contributed by atoms with Crippen LogP contribution < -0.4 is 5.48 Å². The molecule has 0 radical (unpaired) electrons. The fourth-order valence-electron chi connectivity index (χ4n) is 2.36. The zero-order valence-electron chi connectivity index (χ0n) is 12.7. The molecule has 4 nitrogen and oxygen atoms in total. The molecule has 0 saturated heterocycles. The van der Waals surface area contributed by atoms with E-state index in [0.717, 1.165) is 24.0 Å². The van der Waals surface area contributed by atoms with Crippen LogP contribution in [0.25, 0.3) is 0 Å². The van der Waals surface area contributed by atoms with E-state index in [0.29, 0.717) is 12.2 Å². The summed E-state index contributed by atoms with van der Waals surface area (Å²) in [4.78, 5) is 16.9. The molecule has 22 heavy (non-hydrogen) atoms. The lowest BCUT2D eigenvalue weighted by atomic mass is 9.97. The van der Waals surface area contributed by atoms with Crippen molar-refractivity contribution in [3.63, 3.8) is 0 Å². The number of nitrogens with one attached hydrogen (secondary N) is 1. The third-order valence-corrected chi connectivity index (χ3v) is 3.45. The van der Waals surface area contributed by atoms with Gasteiger partial charge in [0.25, 0.3) is 0 Å². The van der Waals surface area contributed by atoms with Gasteiger partial charge in [0.1, 0.15) is 0 Å². The molecule has 0 spiro atoms. The van der Waals surface area contributed by atoms with Crippen LogP contribution in [0.5, 0.6) is 0 Å². The van der Waals surface area contributed by atoms with Crippen LogP contribution in [0.4, 0.5) is 0 Å². The van der Waals surface area contributed by atoms with Gasteiger partial charge in [0, 0.05) is 0 Å². The number of carbonyl (C=O) groups is 1. The van der Waals surface area contributed by atoms with Gasteiger partial charge in [0.2, 0.25) is 0 Å². The van der Waals surface area contributed by atoms with Gasteiger partial charge in [-0.1, -0.05) is 61.9 Å².